The fourth-order valence-corrected chi connectivity index (χ4v) is 1.18. The molecule has 0 aliphatic carbocycles. The average Bonchev–Trinajstić information content (AvgIpc) is 2.24. The minimum Gasteiger partial charge on any atom is -0.439 e. The van der Waals surface area contributed by atoms with E-state index >= 15 is 0 Å². The fourth-order valence-electron chi connectivity index (χ4n) is 1.18. The smallest absolute Gasteiger partial charge is 0.222 e. The summed E-state index contributed by atoms with van der Waals surface area (Å²) in [7, 11) is 0. The summed E-state index contributed by atoms with van der Waals surface area (Å²) in [5.41, 5.74) is 5.44. The number of hydrogen-bond donors (Lipinski definition) is 1. The molecule has 5 heteroatoms. The van der Waals surface area contributed by atoms with Crippen LogP contribution in [0.3, 0.4) is 0 Å². The highest BCUT2D eigenvalue weighted by molar-refractivity contribution is 5.44. The molecule has 1 aromatic carbocycles. The van der Waals surface area contributed by atoms with E-state index in [2.05, 4.69) is 9.97 Å². The van der Waals surface area contributed by atoms with Gasteiger partial charge in [0.15, 0.2) is 0 Å². The number of rotatable bonds is 2. The highest BCUT2D eigenvalue weighted by Gasteiger charge is 2.03. The largest absolute Gasteiger partial charge is 0.439 e. The molecule has 2 N–H and O–H groups in total. The second kappa shape index (κ2) is 4.14. The van der Waals surface area contributed by atoms with Gasteiger partial charge < -0.3 is 10.5 Å². The molecule has 1 aromatic heterocycles. The average molecular weight is 219 g/mol. The van der Waals surface area contributed by atoms with Crippen LogP contribution in [-0.4, -0.2) is 9.97 Å². The lowest BCUT2D eigenvalue weighted by Crippen LogP contribution is -1.94. The molecule has 82 valence electrons. The van der Waals surface area contributed by atoms with Gasteiger partial charge in [-0.3, -0.25) is 0 Å². The van der Waals surface area contributed by atoms with Crippen molar-refractivity contribution in [2.24, 2.45) is 0 Å². The molecule has 0 saturated carbocycles. The van der Waals surface area contributed by atoms with E-state index in [-0.39, 0.29) is 5.69 Å². The SMILES string of the molecule is Cc1nccc(Oc2ccc(N)c(F)c2)n1. The van der Waals surface area contributed by atoms with Crippen LogP contribution in [0.1, 0.15) is 5.82 Å². The molecular weight excluding hydrogens is 209 g/mol. The van der Waals surface area contributed by atoms with Crippen molar-refractivity contribution >= 4 is 5.69 Å². The minimum atomic E-state index is -0.511. The summed E-state index contributed by atoms with van der Waals surface area (Å²) in [5.74, 6) is 0.804. The first-order valence-corrected chi connectivity index (χ1v) is 4.67. The maximum Gasteiger partial charge on any atom is 0.222 e. The molecule has 1 heterocycles. The number of aromatic nitrogens is 2. The van der Waals surface area contributed by atoms with Gasteiger partial charge in [0.1, 0.15) is 17.4 Å². The van der Waals surface area contributed by atoms with Gasteiger partial charge in [-0.05, 0) is 19.1 Å². The monoisotopic (exact) mass is 219 g/mol. The first-order valence-electron chi connectivity index (χ1n) is 4.67. The first-order chi connectivity index (χ1) is 7.65. The number of halogens is 1. The first kappa shape index (κ1) is 10.4. The molecule has 0 amide bonds. The van der Waals surface area contributed by atoms with E-state index in [0.29, 0.717) is 17.5 Å². The summed E-state index contributed by atoms with van der Waals surface area (Å²) < 4.78 is 18.5. The zero-order valence-electron chi connectivity index (χ0n) is 8.64. The van der Waals surface area contributed by atoms with Gasteiger partial charge in [-0.25, -0.2) is 9.37 Å². The van der Waals surface area contributed by atoms with Crippen molar-refractivity contribution in [2.75, 3.05) is 5.73 Å². The lowest BCUT2D eigenvalue weighted by Gasteiger charge is -2.05. The lowest BCUT2D eigenvalue weighted by molar-refractivity contribution is 0.455. The number of ether oxygens (including phenoxy) is 1. The maximum atomic E-state index is 13.1. The van der Waals surface area contributed by atoms with Gasteiger partial charge >= 0.3 is 0 Å². The Morgan fingerprint density at radius 1 is 1.31 bits per heavy atom. The van der Waals surface area contributed by atoms with Gasteiger partial charge in [0, 0.05) is 18.3 Å². The Labute approximate surface area is 91.9 Å². The van der Waals surface area contributed by atoms with Gasteiger partial charge in [0.25, 0.3) is 0 Å². The molecule has 16 heavy (non-hydrogen) atoms. The molecule has 4 nitrogen and oxygen atoms in total. The van der Waals surface area contributed by atoms with Gasteiger partial charge in [0.2, 0.25) is 5.88 Å². The third kappa shape index (κ3) is 2.25. The van der Waals surface area contributed by atoms with Crippen molar-refractivity contribution in [3.63, 3.8) is 0 Å². The predicted molar refractivity (Wildman–Crippen MR) is 57.7 cm³/mol. The number of nitrogens with zero attached hydrogens (tertiary/aromatic N) is 2. The highest BCUT2D eigenvalue weighted by atomic mass is 19.1. The third-order valence-corrected chi connectivity index (χ3v) is 1.94. The van der Waals surface area contributed by atoms with Gasteiger partial charge in [-0.2, -0.15) is 4.98 Å². The Balaban J connectivity index is 2.24. The molecule has 2 rings (SSSR count). The predicted octanol–water partition coefficient (Wildman–Crippen LogP) is 2.30. The van der Waals surface area contributed by atoms with Crippen molar-refractivity contribution in [1.29, 1.82) is 0 Å². The zero-order chi connectivity index (χ0) is 11.5. The number of nitrogen functional groups attached to an aromatic ring is 1. The van der Waals surface area contributed by atoms with Crippen LogP contribution in [-0.2, 0) is 0 Å². The van der Waals surface area contributed by atoms with Gasteiger partial charge in [0.05, 0.1) is 5.69 Å². The summed E-state index contributed by atoms with van der Waals surface area (Å²) >= 11 is 0. The molecule has 0 saturated heterocycles. The van der Waals surface area contributed by atoms with Crippen LogP contribution < -0.4 is 10.5 Å². The van der Waals surface area contributed by atoms with Crippen LogP contribution in [0.2, 0.25) is 0 Å². The highest BCUT2D eigenvalue weighted by Crippen LogP contribution is 2.22. The molecule has 0 atom stereocenters. The molecule has 0 fully saturated rings. The summed E-state index contributed by atoms with van der Waals surface area (Å²) in [6.07, 6.45) is 1.57. The van der Waals surface area contributed by atoms with Gasteiger partial charge in [-0.1, -0.05) is 0 Å². The quantitative estimate of drug-likeness (QED) is 0.787. The second-order valence-corrected chi connectivity index (χ2v) is 3.23. The van der Waals surface area contributed by atoms with E-state index in [4.69, 9.17) is 10.5 Å². The molecule has 0 unspecified atom stereocenters. The summed E-state index contributed by atoms with van der Waals surface area (Å²) in [6.45, 7) is 1.75. The van der Waals surface area contributed by atoms with E-state index in [9.17, 15) is 4.39 Å². The Bertz CT molecular complexity index is 516. The van der Waals surface area contributed by atoms with Crippen molar-refractivity contribution in [2.45, 2.75) is 6.92 Å². The van der Waals surface area contributed by atoms with Crippen LogP contribution in [0.4, 0.5) is 10.1 Å². The van der Waals surface area contributed by atoms with Crippen molar-refractivity contribution in [1.82, 2.24) is 9.97 Å². The molecule has 2 aromatic rings. The van der Waals surface area contributed by atoms with Crippen LogP contribution in [0.25, 0.3) is 0 Å². The molecule has 0 spiro atoms. The Morgan fingerprint density at radius 2 is 2.12 bits per heavy atom. The van der Waals surface area contributed by atoms with Crippen LogP contribution >= 0.6 is 0 Å². The number of aryl methyl sites for hydroxylation is 1. The standard InChI is InChI=1S/C11H10FN3O/c1-7-14-5-4-11(15-7)16-8-2-3-10(13)9(12)6-8/h2-6H,13H2,1H3. The Morgan fingerprint density at radius 3 is 2.81 bits per heavy atom. The fraction of sp³-hybridized carbons (Fsp3) is 0.0909. The zero-order valence-corrected chi connectivity index (χ0v) is 8.64. The number of hydrogen-bond acceptors (Lipinski definition) is 4. The maximum absolute atomic E-state index is 13.1. The molecular formula is C11H10FN3O. The van der Waals surface area contributed by atoms with Crippen LogP contribution in [0.15, 0.2) is 30.5 Å². The summed E-state index contributed by atoms with van der Waals surface area (Å²) in [6, 6.07) is 5.84. The molecule has 0 aliphatic rings. The summed E-state index contributed by atoms with van der Waals surface area (Å²) in [4.78, 5) is 7.96. The Kier molecular flexibility index (Phi) is 2.68. The lowest BCUT2D eigenvalue weighted by atomic mass is 10.3. The van der Waals surface area contributed by atoms with Gasteiger partial charge in [-0.15, -0.1) is 0 Å². The third-order valence-electron chi connectivity index (χ3n) is 1.94. The van der Waals surface area contributed by atoms with E-state index in [1.165, 1.54) is 12.1 Å². The van der Waals surface area contributed by atoms with Crippen LogP contribution in [0.5, 0.6) is 11.6 Å². The Hall–Kier alpha value is -2.17. The van der Waals surface area contributed by atoms with Crippen LogP contribution in [0, 0.1) is 12.7 Å². The topological polar surface area (TPSA) is 61.0 Å². The van der Waals surface area contributed by atoms with E-state index < -0.39 is 5.82 Å². The number of benzene rings is 1. The number of anilines is 1. The van der Waals surface area contributed by atoms with E-state index in [1.54, 1.807) is 25.3 Å². The molecule has 0 aliphatic heterocycles. The number of nitrogens with two attached hydrogens (primary N) is 1. The van der Waals surface area contributed by atoms with Crippen molar-refractivity contribution in [3.05, 3.63) is 42.1 Å². The van der Waals surface area contributed by atoms with Crippen molar-refractivity contribution in [3.8, 4) is 11.6 Å². The molecule has 0 bridgehead atoms. The summed E-state index contributed by atoms with van der Waals surface area (Å²) in [5, 5.41) is 0. The van der Waals surface area contributed by atoms with E-state index in [1.807, 2.05) is 0 Å². The normalized spacial score (nSPS) is 10.1. The van der Waals surface area contributed by atoms with E-state index in [0.717, 1.165) is 0 Å². The molecule has 0 radical (unpaired) electrons. The van der Waals surface area contributed by atoms with Crippen molar-refractivity contribution < 1.29 is 9.13 Å². The minimum absolute atomic E-state index is 0.0891. The second-order valence-electron chi connectivity index (χ2n) is 3.23.